The molecule has 0 aromatic heterocycles. The second-order valence-corrected chi connectivity index (χ2v) is 4.24. The van der Waals surface area contributed by atoms with E-state index in [4.69, 9.17) is 16.3 Å². The molecule has 3 heteroatoms. The van der Waals surface area contributed by atoms with Crippen LogP contribution in [0.2, 0.25) is 5.02 Å². The molecule has 0 fully saturated rings. The van der Waals surface area contributed by atoms with Gasteiger partial charge in [-0.25, -0.2) is 0 Å². The first kappa shape index (κ1) is 12.3. The van der Waals surface area contributed by atoms with Crippen LogP contribution in [0.15, 0.2) is 18.2 Å². The van der Waals surface area contributed by atoms with Crippen molar-refractivity contribution in [2.75, 3.05) is 12.4 Å². The van der Waals surface area contributed by atoms with Crippen molar-refractivity contribution in [3.8, 4) is 0 Å². The summed E-state index contributed by atoms with van der Waals surface area (Å²) < 4.78 is 5.24. The third kappa shape index (κ3) is 3.40. The van der Waals surface area contributed by atoms with Crippen LogP contribution in [0.4, 0.5) is 5.69 Å². The summed E-state index contributed by atoms with van der Waals surface area (Å²) in [6.07, 6.45) is 0.171. The number of hydrogen-bond acceptors (Lipinski definition) is 2. The molecular weight excluding hydrogens is 210 g/mol. The molecule has 0 spiro atoms. The summed E-state index contributed by atoms with van der Waals surface area (Å²) in [7, 11) is 1.71. The Labute approximate surface area is 96.6 Å². The first-order chi connectivity index (χ1) is 7.04. The molecule has 0 amide bonds. The fourth-order valence-electron chi connectivity index (χ4n) is 1.27. The Kier molecular flexibility index (Phi) is 4.43. The van der Waals surface area contributed by atoms with Gasteiger partial charge in [-0.05, 0) is 38.5 Å². The SMILES string of the molecule is COC(C)C(C)Nc1ccc(C)c(Cl)c1. The maximum absolute atomic E-state index is 6.04. The van der Waals surface area contributed by atoms with Crippen LogP contribution < -0.4 is 5.32 Å². The minimum Gasteiger partial charge on any atom is -0.380 e. The number of halogens is 1. The monoisotopic (exact) mass is 227 g/mol. The Morgan fingerprint density at radius 1 is 1.33 bits per heavy atom. The van der Waals surface area contributed by atoms with Crippen LogP contribution >= 0.6 is 11.6 Å². The molecule has 0 aliphatic rings. The van der Waals surface area contributed by atoms with Crippen molar-refractivity contribution >= 4 is 17.3 Å². The zero-order chi connectivity index (χ0) is 11.4. The second kappa shape index (κ2) is 5.38. The molecule has 2 unspecified atom stereocenters. The van der Waals surface area contributed by atoms with Gasteiger partial charge >= 0.3 is 0 Å². The summed E-state index contributed by atoms with van der Waals surface area (Å²) in [6.45, 7) is 6.11. The van der Waals surface area contributed by atoms with Crippen LogP contribution in [0.5, 0.6) is 0 Å². The molecule has 84 valence electrons. The maximum Gasteiger partial charge on any atom is 0.0741 e. The normalized spacial score (nSPS) is 14.7. The molecule has 0 radical (unpaired) electrons. The Morgan fingerprint density at radius 2 is 2.00 bits per heavy atom. The van der Waals surface area contributed by atoms with E-state index in [0.717, 1.165) is 16.3 Å². The van der Waals surface area contributed by atoms with Crippen molar-refractivity contribution in [1.82, 2.24) is 0 Å². The third-order valence-corrected chi connectivity index (χ3v) is 3.05. The first-order valence-electron chi connectivity index (χ1n) is 5.10. The molecule has 1 aromatic carbocycles. The molecule has 0 saturated carbocycles. The molecule has 0 aliphatic carbocycles. The predicted molar refractivity (Wildman–Crippen MR) is 65.7 cm³/mol. The van der Waals surface area contributed by atoms with Gasteiger partial charge in [0.25, 0.3) is 0 Å². The molecule has 0 aliphatic heterocycles. The van der Waals surface area contributed by atoms with Crippen molar-refractivity contribution in [3.05, 3.63) is 28.8 Å². The number of methoxy groups -OCH3 is 1. The third-order valence-electron chi connectivity index (χ3n) is 2.64. The Hall–Kier alpha value is -0.730. The second-order valence-electron chi connectivity index (χ2n) is 3.84. The van der Waals surface area contributed by atoms with Gasteiger partial charge in [-0.3, -0.25) is 0 Å². The first-order valence-corrected chi connectivity index (χ1v) is 5.48. The van der Waals surface area contributed by atoms with Gasteiger partial charge in [0.1, 0.15) is 0 Å². The number of benzene rings is 1. The van der Waals surface area contributed by atoms with E-state index in [9.17, 15) is 0 Å². The van der Waals surface area contributed by atoms with E-state index in [0.29, 0.717) is 0 Å². The maximum atomic E-state index is 6.04. The molecule has 0 bridgehead atoms. The minimum absolute atomic E-state index is 0.171. The summed E-state index contributed by atoms with van der Waals surface area (Å²) >= 11 is 6.04. The number of ether oxygens (including phenoxy) is 1. The molecule has 1 rings (SSSR count). The number of nitrogens with one attached hydrogen (secondary N) is 1. The van der Waals surface area contributed by atoms with Crippen LogP contribution in [0, 0.1) is 6.92 Å². The number of hydrogen-bond donors (Lipinski definition) is 1. The lowest BCUT2D eigenvalue weighted by molar-refractivity contribution is 0.106. The summed E-state index contributed by atoms with van der Waals surface area (Å²) in [5.74, 6) is 0. The Balaban J connectivity index is 2.68. The standard InChI is InChI=1S/C12H18ClNO/c1-8-5-6-11(7-12(8)13)14-9(2)10(3)15-4/h5-7,9-10,14H,1-4H3. The van der Waals surface area contributed by atoms with Crippen molar-refractivity contribution in [2.24, 2.45) is 0 Å². The van der Waals surface area contributed by atoms with Gasteiger partial charge in [0, 0.05) is 23.9 Å². The van der Waals surface area contributed by atoms with Gasteiger partial charge in [-0.15, -0.1) is 0 Å². The van der Waals surface area contributed by atoms with Crippen LogP contribution in [0.1, 0.15) is 19.4 Å². The van der Waals surface area contributed by atoms with Gasteiger partial charge in [0.05, 0.1) is 6.10 Å². The van der Waals surface area contributed by atoms with Crippen LogP contribution in [0.3, 0.4) is 0 Å². The highest BCUT2D eigenvalue weighted by Gasteiger charge is 2.10. The van der Waals surface area contributed by atoms with Gasteiger partial charge in [-0.1, -0.05) is 17.7 Å². The van der Waals surface area contributed by atoms with E-state index in [1.165, 1.54) is 0 Å². The predicted octanol–water partition coefficient (Wildman–Crippen LogP) is 3.48. The highest BCUT2D eigenvalue weighted by molar-refractivity contribution is 6.31. The van der Waals surface area contributed by atoms with Crippen LogP contribution in [-0.4, -0.2) is 19.3 Å². The topological polar surface area (TPSA) is 21.3 Å². The lowest BCUT2D eigenvalue weighted by Crippen LogP contribution is -2.29. The van der Waals surface area contributed by atoms with Gasteiger partial charge in [-0.2, -0.15) is 0 Å². The molecule has 2 nitrogen and oxygen atoms in total. The fraction of sp³-hybridized carbons (Fsp3) is 0.500. The van der Waals surface area contributed by atoms with Crippen molar-refractivity contribution in [3.63, 3.8) is 0 Å². The smallest absolute Gasteiger partial charge is 0.0741 e. The highest BCUT2D eigenvalue weighted by Crippen LogP contribution is 2.20. The van der Waals surface area contributed by atoms with E-state index in [-0.39, 0.29) is 12.1 Å². The quantitative estimate of drug-likeness (QED) is 0.851. The summed E-state index contributed by atoms with van der Waals surface area (Å²) in [5.41, 5.74) is 2.12. The summed E-state index contributed by atoms with van der Waals surface area (Å²) in [4.78, 5) is 0. The number of rotatable bonds is 4. The zero-order valence-corrected chi connectivity index (χ0v) is 10.4. The van der Waals surface area contributed by atoms with Gasteiger partial charge in [0.2, 0.25) is 0 Å². The number of aryl methyl sites for hydroxylation is 1. The molecule has 0 heterocycles. The number of anilines is 1. The van der Waals surface area contributed by atoms with Gasteiger partial charge in [0.15, 0.2) is 0 Å². The molecule has 1 N–H and O–H groups in total. The average Bonchev–Trinajstić information content (AvgIpc) is 2.22. The Bertz CT molecular complexity index is 327. The Morgan fingerprint density at radius 3 is 2.53 bits per heavy atom. The largest absolute Gasteiger partial charge is 0.380 e. The van der Waals surface area contributed by atoms with Crippen molar-refractivity contribution in [1.29, 1.82) is 0 Å². The van der Waals surface area contributed by atoms with E-state index in [1.807, 2.05) is 32.0 Å². The molecule has 2 atom stereocenters. The molecule has 15 heavy (non-hydrogen) atoms. The average molecular weight is 228 g/mol. The lowest BCUT2D eigenvalue weighted by Gasteiger charge is -2.21. The lowest BCUT2D eigenvalue weighted by atomic mass is 10.1. The van der Waals surface area contributed by atoms with Crippen LogP contribution in [0.25, 0.3) is 0 Å². The minimum atomic E-state index is 0.171. The summed E-state index contributed by atoms with van der Waals surface area (Å²) in [5, 5.41) is 4.14. The highest BCUT2D eigenvalue weighted by atomic mass is 35.5. The molecular formula is C12H18ClNO. The van der Waals surface area contributed by atoms with Crippen molar-refractivity contribution < 1.29 is 4.74 Å². The van der Waals surface area contributed by atoms with Crippen LogP contribution in [-0.2, 0) is 4.74 Å². The van der Waals surface area contributed by atoms with Crippen molar-refractivity contribution in [2.45, 2.75) is 32.9 Å². The van der Waals surface area contributed by atoms with E-state index >= 15 is 0 Å². The van der Waals surface area contributed by atoms with E-state index < -0.39 is 0 Å². The fourth-order valence-corrected chi connectivity index (χ4v) is 1.45. The summed E-state index contributed by atoms with van der Waals surface area (Å²) in [6, 6.07) is 6.24. The van der Waals surface area contributed by atoms with E-state index in [2.05, 4.69) is 12.2 Å². The van der Waals surface area contributed by atoms with E-state index in [1.54, 1.807) is 7.11 Å². The molecule has 0 saturated heterocycles. The molecule has 1 aromatic rings. The zero-order valence-electron chi connectivity index (χ0n) is 9.67. The van der Waals surface area contributed by atoms with Gasteiger partial charge < -0.3 is 10.1 Å².